The predicted molar refractivity (Wildman–Crippen MR) is 25.1 cm³/mol. The van der Waals surface area contributed by atoms with Crippen LogP contribution < -0.4 is 0 Å². The first-order valence-electron chi connectivity index (χ1n) is 2.03. The number of hydrogen-bond acceptors (Lipinski definition) is 0. The van der Waals surface area contributed by atoms with Crippen molar-refractivity contribution < 1.29 is 0 Å². The zero-order valence-corrected chi connectivity index (χ0v) is 3.86. The molecule has 0 nitrogen and oxygen atoms in total. The van der Waals surface area contributed by atoms with Gasteiger partial charge < -0.3 is 0 Å². The number of rotatable bonds is 1. The van der Waals surface area contributed by atoms with E-state index in [-0.39, 0.29) is 0 Å². The Kier molecular flexibility index (Phi) is 3.55. The molecule has 0 saturated heterocycles. The molecule has 0 aliphatic rings. The molecule has 5 heavy (non-hydrogen) atoms. The highest BCUT2D eigenvalue weighted by molar-refractivity contribution is 4.73. The van der Waals surface area contributed by atoms with E-state index in [2.05, 4.69) is 19.1 Å². The summed E-state index contributed by atoms with van der Waals surface area (Å²) < 4.78 is 0. The van der Waals surface area contributed by atoms with Gasteiger partial charge in [-0.25, -0.2) is 0 Å². The van der Waals surface area contributed by atoms with E-state index in [1.165, 1.54) is 0 Å². The lowest BCUT2D eigenvalue weighted by Crippen LogP contribution is -1.43. The second-order valence-electron chi connectivity index (χ2n) is 0.977. The molecule has 0 heteroatoms. The first-order valence-corrected chi connectivity index (χ1v) is 2.03. The molecule has 0 heterocycles. The molecule has 0 radical (unpaired) electrons. The Morgan fingerprint density at radius 1 is 1.60 bits per heavy atom. The van der Waals surface area contributed by atoms with Gasteiger partial charge in [-0.05, 0) is 13.3 Å². The zero-order valence-electron chi connectivity index (χ0n) is 3.86. The summed E-state index contributed by atoms with van der Waals surface area (Å²) >= 11 is 0. The fourth-order valence-corrected chi connectivity index (χ4v) is 0.236. The summed E-state index contributed by atoms with van der Waals surface area (Å²) in [6, 6.07) is 0. The van der Waals surface area contributed by atoms with E-state index in [1.807, 2.05) is 6.92 Å². The Bertz CT molecular complexity index is 27.0. The zero-order chi connectivity index (χ0) is 4.12. The molecule has 0 fully saturated rings. The molecule has 0 aliphatic heterocycles. The van der Waals surface area contributed by atoms with Gasteiger partial charge in [-0.1, -0.05) is 19.1 Å². The van der Waals surface area contributed by atoms with E-state index < -0.39 is 0 Å². The van der Waals surface area contributed by atoms with Crippen molar-refractivity contribution in [3.05, 3.63) is 12.2 Å². The van der Waals surface area contributed by atoms with E-state index >= 15 is 0 Å². The van der Waals surface area contributed by atoms with Crippen LogP contribution in [-0.2, 0) is 0 Å². The van der Waals surface area contributed by atoms with Gasteiger partial charge in [-0.15, -0.1) is 0 Å². The van der Waals surface area contributed by atoms with Crippen LogP contribution in [0.15, 0.2) is 12.2 Å². The average Bonchev–Trinajstić information content (AvgIpc) is 1.41. The molecule has 0 spiro atoms. The van der Waals surface area contributed by atoms with Crippen LogP contribution >= 0.6 is 0 Å². The van der Waals surface area contributed by atoms with E-state index in [0.717, 1.165) is 6.42 Å². The van der Waals surface area contributed by atoms with Crippen molar-refractivity contribution in [2.45, 2.75) is 20.3 Å². The van der Waals surface area contributed by atoms with Crippen molar-refractivity contribution >= 4 is 0 Å². The average molecular weight is 70.1 g/mol. The van der Waals surface area contributed by atoms with E-state index in [1.54, 1.807) is 0 Å². The minimum absolute atomic E-state index is 1.16. The minimum atomic E-state index is 1.16. The maximum absolute atomic E-state index is 2.12. The molecular weight excluding hydrogens is 60.1 g/mol. The van der Waals surface area contributed by atoms with Crippen molar-refractivity contribution in [2.24, 2.45) is 0 Å². The number of allylic oxidation sites excluding steroid dienone is 2. The summed E-state index contributed by atoms with van der Waals surface area (Å²) in [7, 11) is 0. The Hall–Kier alpha value is -0.260. The van der Waals surface area contributed by atoms with Crippen LogP contribution in [0.2, 0.25) is 0 Å². The standard InChI is InChI=1S/C5H10/c1-3-5-4-2/h3,5H,4H2,1-2H3/b5-3+. The second kappa shape index (κ2) is 3.74. The monoisotopic (exact) mass is 70.1 g/mol. The molecule has 0 aromatic heterocycles. The van der Waals surface area contributed by atoms with Crippen LogP contribution in [0.25, 0.3) is 0 Å². The van der Waals surface area contributed by atoms with Crippen LogP contribution in [0.3, 0.4) is 0 Å². The maximum Gasteiger partial charge on any atom is -0.0379 e. The predicted octanol–water partition coefficient (Wildman–Crippen LogP) is 1.97. The van der Waals surface area contributed by atoms with Gasteiger partial charge in [0.2, 0.25) is 0 Å². The lowest BCUT2D eigenvalue weighted by molar-refractivity contribution is 1.22. The first-order chi connectivity index (χ1) is 2.41. The third kappa shape index (κ3) is 3.74. The second-order valence-corrected chi connectivity index (χ2v) is 0.977. The van der Waals surface area contributed by atoms with E-state index in [9.17, 15) is 0 Å². The van der Waals surface area contributed by atoms with Gasteiger partial charge in [0, 0.05) is 0 Å². The van der Waals surface area contributed by atoms with Gasteiger partial charge in [-0.2, -0.15) is 0 Å². The van der Waals surface area contributed by atoms with Crippen molar-refractivity contribution in [1.82, 2.24) is 0 Å². The molecule has 0 amide bonds. The maximum atomic E-state index is 2.12. The third-order valence-electron chi connectivity index (χ3n) is 0.471. The van der Waals surface area contributed by atoms with Crippen LogP contribution in [0.1, 0.15) is 20.3 Å². The van der Waals surface area contributed by atoms with E-state index in [0.29, 0.717) is 0 Å². The third-order valence-corrected chi connectivity index (χ3v) is 0.471. The van der Waals surface area contributed by atoms with Gasteiger partial charge >= 0.3 is 0 Å². The van der Waals surface area contributed by atoms with Gasteiger partial charge in [0.15, 0.2) is 0 Å². The summed E-state index contributed by atoms with van der Waals surface area (Å²) in [5.41, 5.74) is 0. The van der Waals surface area contributed by atoms with Crippen molar-refractivity contribution in [3.8, 4) is 0 Å². The smallest absolute Gasteiger partial charge is 0.0379 e. The SMILES string of the molecule is C/C=C/CC. The first kappa shape index (κ1) is 4.74. The van der Waals surface area contributed by atoms with Crippen LogP contribution in [-0.4, -0.2) is 0 Å². The summed E-state index contributed by atoms with van der Waals surface area (Å²) in [6.07, 6.45) is 5.34. The van der Waals surface area contributed by atoms with E-state index in [4.69, 9.17) is 0 Å². The summed E-state index contributed by atoms with van der Waals surface area (Å²) in [5.74, 6) is 0. The fraction of sp³-hybridized carbons (Fsp3) is 0.600. The highest BCUT2D eigenvalue weighted by atomic mass is 13.6. The largest absolute Gasteiger partial charge is 0.0917 e. The molecule has 0 aliphatic carbocycles. The Balaban J connectivity index is 2.62. The summed E-state index contributed by atoms with van der Waals surface area (Å²) in [6.45, 7) is 4.16. The molecule has 0 saturated carbocycles. The molecule has 0 aromatic rings. The Labute approximate surface area is 33.5 Å². The van der Waals surface area contributed by atoms with Crippen molar-refractivity contribution in [1.29, 1.82) is 0 Å². The molecule has 0 atom stereocenters. The van der Waals surface area contributed by atoms with Crippen LogP contribution in [0.5, 0.6) is 0 Å². The molecule has 30 valence electrons. The molecular formula is C5H10. The van der Waals surface area contributed by atoms with Crippen LogP contribution in [0.4, 0.5) is 0 Å². The van der Waals surface area contributed by atoms with Crippen molar-refractivity contribution in [2.75, 3.05) is 0 Å². The topological polar surface area (TPSA) is 0 Å². The minimum Gasteiger partial charge on any atom is -0.0917 e. The molecule has 0 bridgehead atoms. The summed E-state index contributed by atoms with van der Waals surface area (Å²) in [5, 5.41) is 0. The quantitative estimate of drug-likeness (QED) is 0.414. The van der Waals surface area contributed by atoms with Gasteiger partial charge in [0.25, 0.3) is 0 Å². The Morgan fingerprint density at radius 3 is 2.20 bits per heavy atom. The van der Waals surface area contributed by atoms with Gasteiger partial charge in [0.05, 0.1) is 0 Å². The van der Waals surface area contributed by atoms with Crippen molar-refractivity contribution in [3.63, 3.8) is 0 Å². The van der Waals surface area contributed by atoms with Gasteiger partial charge in [-0.3, -0.25) is 0 Å². The summed E-state index contributed by atoms with van der Waals surface area (Å²) in [4.78, 5) is 0. The normalized spacial score (nSPS) is 10.0. The molecule has 0 rings (SSSR count). The molecule has 0 N–H and O–H groups in total. The highest BCUT2D eigenvalue weighted by Crippen LogP contribution is 1.73. The molecule has 0 unspecified atom stereocenters. The number of hydrogen-bond donors (Lipinski definition) is 0. The van der Waals surface area contributed by atoms with Gasteiger partial charge in [0.1, 0.15) is 0 Å². The lowest BCUT2D eigenvalue weighted by Gasteiger charge is -1.65. The molecule has 0 aromatic carbocycles. The van der Waals surface area contributed by atoms with Crippen LogP contribution in [0, 0.1) is 0 Å². The lowest BCUT2D eigenvalue weighted by atomic mass is 10.4. The fourth-order valence-electron chi connectivity index (χ4n) is 0.236. The Morgan fingerprint density at radius 2 is 2.20 bits per heavy atom. The highest BCUT2D eigenvalue weighted by Gasteiger charge is 1.52.